The first-order valence-corrected chi connectivity index (χ1v) is 9.20. The molecule has 0 aromatic heterocycles. The molecule has 1 N–H and O–H groups in total. The van der Waals surface area contributed by atoms with Crippen LogP contribution < -0.4 is 5.32 Å². The molecule has 27 heavy (non-hydrogen) atoms. The monoisotopic (exact) mass is 366 g/mol. The van der Waals surface area contributed by atoms with Crippen LogP contribution >= 0.6 is 0 Å². The summed E-state index contributed by atoms with van der Waals surface area (Å²) in [4.78, 5) is 27.3. The highest BCUT2D eigenvalue weighted by atomic mass is 16.7. The summed E-state index contributed by atoms with van der Waals surface area (Å²) in [5.74, 6) is -0.842. The van der Waals surface area contributed by atoms with E-state index in [9.17, 15) is 9.59 Å². The maximum Gasteiger partial charge on any atom is 0.255 e. The van der Waals surface area contributed by atoms with Crippen molar-refractivity contribution in [3.05, 3.63) is 65.7 Å². The minimum atomic E-state index is -0.516. The molecule has 4 rings (SSSR count). The quantitative estimate of drug-likeness (QED) is 0.907. The van der Waals surface area contributed by atoms with Crippen LogP contribution in [0.5, 0.6) is 0 Å². The number of anilines is 1. The molecule has 2 aliphatic heterocycles. The van der Waals surface area contributed by atoms with Crippen molar-refractivity contribution in [2.24, 2.45) is 0 Å². The smallest absolute Gasteiger partial charge is 0.255 e. The van der Waals surface area contributed by atoms with E-state index in [4.69, 9.17) is 9.47 Å². The molecule has 6 heteroatoms. The molecule has 1 spiro atoms. The summed E-state index contributed by atoms with van der Waals surface area (Å²) < 4.78 is 11.4. The summed E-state index contributed by atoms with van der Waals surface area (Å²) in [5.41, 5.74) is 1.56. The normalized spacial score (nSPS) is 18.4. The first-order valence-electron chi connectivity index (χ1n) is 9.20. The van der Waals surface area contributed by atoms with E-state index in [2.05, 4.69) is 5.32 Å². The molecular formula is C21H22N2O4. The number of rotatable bonds is 3. The first-order chi connectivity index (χ1) is 13.2. The molecule has 140 valence electrons. The molecule has 0 aliphatic carbocycles. The Balaban J connectivity index is 1.47. The number of piperidine rings is 1. The van der Waals surface area contributed by atoms with Crippen molar-refractivity contribution in [1.29, 1.82) is 0 Å². The highest BCUT2D eigenvalue weighted by molar-refractivity contribution is 6.09. The van der Waals surface area contributed by atoms with Crippen molar-refractivity contribution in [2.45, 2.75) is 18.6 Å². The van der Waals surface area contributed by atoms with Gasteiger partial charge in [0.1, 0.15) is 0 Å². The Morgan fingerprint density at radius 3 is 2.22 bits per heavy atom. The summed E-state index contributed by atoms with van der Waals surface area (Å²) >= 11 is 0. The molecule has 2 aromatic rings. The van der Waals surface area contributed by atoms with Gasteiger partial charge in [0.15, 0.2) is 5.79 Å². The van der Waals surface area contributed by atoms with Gasteiger partial charge >= 0.3 is 0 Å². The second kappa shape index (κ2) is 7.50. The van der Waals surface area contributed by atoms with E-state index in [1.807, 2.05) is 24.3 Å². The van der Waals surface area contributed by atoms with E-state index < -0.39 is 5.79 Å². The summed E-state index contributed by atoms with van der Waals surface area (Å²) in [6.07, 6.45) is 1.33. The molecule has 2 heterocycles. The molecule has 0 bridgehead atoms. The van der Waals surface area contributed by atoms with Crippen LogP contribution in [0.15, 0.2) is 54.6 Å². The summed E-state index contributed by atoms with van der Waals surface area (Å²) in [5, 5.41) is 2.86. The Kier molecular flexibility index (Phi) is 4.92. The predicted molar refractivity (Wildman–Crippen MR) is 101 cm³/mol. The van der Waals surface area contributed by atoms with E-state index in [-0.39, 0.29) is 11.8 Å². The summed E-state index contributed by atoms with van der Waals surface area (Å²) in [6, 6.07) is 16.1. The van der Waals surface area contributed by atoms with E-state index in [1.165, 1.54) is 0 Å². The SMILES string of the molecule is O=C(Nc1ccccc1C(=O)N1CCC2(CC1)OCCO2)c1ccccc1. The topological polar surface area (TPSA) is 67.9 Å². The highest BCUT2D eigenvalue weighted by Gasteiger charge is 2.41. The van der Waals surface area contributed by atoms with Gasteiger partial charge < -0.3 is 19.7 Å². The number of ether oxygens (including phenoxy) is 2. The van der Waals surface area contributed by atoms with Gasteiger partial charge in [-0.25, -0.2) is 0 Å². The van der Waals surface area contributed by atoms with Gasteiger partial charge in [0, 0.05) is 31.5 Å². The Hall–Kier alpha value is -2.70. The van der Waals surface area contributed by atoms with Gasteiger partial charge in [-0.3, -0.25) is 9.59 Å². The fourth-order valence-electron chi connectivity index (χ4n) is 3.57. The molecule has 2 saturated heterocycles. The molecule has 0 atom stereocenters. The third-order valence-electron chi connectivity index (χ3n) is 5.07. The molecule has 0 unspecified atom stereocenters. The fourth-order valence-corrected chi connectivity index (χ4v) is 3.57. The predicted octanol–water partition coefficient (Wildman–Crippen LogP) is 2.92. The van der Waals surface area contributed by atoms with E-state index >= 15 is 0 Å². The number of benzene rings is 2. The molecule has 0 saturated carbocycles. The molecule has 2 amide bonds. The van der Waals surface area contributed by atoms with E-state index in [0.717, 1.165) is 0 Å². The van der Waals surface area contributed by atoms with Crippen LogP contribution in [-0.2, 0) is 9.47 Å². The van der Waals surface area contributed by atoms with Crippen LogP contribution in [0.25, 0.3) is 0 Å². The van der Waals surface area contributed by atoms with Crippen LogP contribution in [0.4, 0.5) is 5.69 Å². The largest absolute Gasteiger partial charge is 0.347 e. The standard InChI is InChI=1S/C21H22N2O4/c24-19(16-6-2-1-3-7-16)22-18-9-5-4-8-17(18)20(25)23-12-10-21(11-13-23)26-14-15-27-21/h1-9H,10-15H2,(H,22,24). The minimum Gasteiger partial charge on any atom is -0.347 e. The lowest BCUT2D eigenvalue weighted by molar-refractivity contribution is -0.181. The Morgan fingerprint density at radius 1 is 0.889 bits per heavy atom. The van der Waals surface area contributed by atoms with E-state index in [1.54, 1.807) is 35.2 Å². The lowest BCUT2D eigenvalue weighted by atomic mass is 10.0. The number of nitrogens with one attached hydrogen (secondary N) is 1. The first kappa shape index (κ1) is 17.7. The third kappa shape index (κ3) is 3.72. The Bertz CT molecular complexity index is 821. The average molecular weight is 366 g/mol. The summed E-state index contributed by atoms with van der Waals surface area (Å²) in [6.45, 7) is 2.37. The fraction of sp³-hybridized carbons (Fsp3) is 0.333. The highest BCUT2D eigenvalue weighted by Crippen LogP contribution is 2.32. The summed E-state index contributed by atoms with van der Waals surface area (Å²) in [7, 11) is 0. The van der Waals surface area contributed by atoms with E-state index in [0.29, 0.717) is 56.0 Å². The zero-order valence-corrected chi connectivity index (χ0v) is 15.0. The number of carbonyl (C=O) groups is 2. The number of hydrogen-bond acceptors (Lipinski definition) is 4. The molecule has 0 radical (unpaired) electrons. The maximum absolute atomic E-state index is 13.0. The number of hydrogen-bond donors (Lipinski definition) is 1. The Morgan fingerprint density at radius 2 is 1.52 bits per heavy atom. The number of carbonyl (C=O) groups excluding carboxylic acids is 2. The molecule has 2 aromatic carbocycles. The van der Waals surface area contributed by atoms with Crippen LogP contribution in [0.2, 0.25) is 0 Å². The van der Waals surface area contributed by atoms with Crippen LogP contribution in [-0.4, -0.2) is 48.8 Å². The zero-order valence-electron chi connectivity index (χ0n) is 15.0. The van der Waals surface area contributed by atoms with Crippen LogP contribution in [0.3, 0.4) is 0 Å². The second-order valence-corrected chi connectivity index (χ2v) is 6.77. The number of likely N-dealkylation sites (tertiary alicyclic amines) is 1. The van der Waals surface area contributed by atoms with Crippen molar-refractivity contribution >= 4 is 17.5 Å². The number of nitrogens with zero attached hydrogens (tertiary/aromatic N) is 1. The minimum absolute atomic E-state index is 0.0909. The van der Waals surface area contributed by atoms with Crippen molar-refractivity contribution in [3.63, 3.8) is 0 Å². The lowest BCUT2D eigenvalue weighted by Gasteiger charge is -2.37. The van der Waals surface area contributed by atoms with Crippen molar-refractivity contribution in [1.82, 2.24) is 4.90 Å². The van der Waals surface area contributed by atoms with Crippen LogP contribution in [0.1, 0.15) is 33.6 Å². The molecular weight excluding hydrogens is 344 g/mol. The molecule has 2 aliphatic rings. The Labute approximate surface area is 158 Å². The van der Waals surface area contributed by atoms with Gasteiger partial charge in [-0.1, -0.05) is 30.3 Å². The van der Waals surface area contributed by atoms with Gasteiger partial charge in [0.2, 0.25) is 0 Å². The van der Waals surface area contributed by atoms with Gasteiger partial charge in [0.25, 0.3) is 11.8 Å². The van der Waals surface area contributed by atoms with Gasteiger partial charge in [-0.2, -0.15) is 0 Å². The lowest BCUT2D eigenvalue weighted by Crippen LogP contribution is -2.47. The average Bonchev–Trinajstić information content (AvgIpc) is 3.17. The van der Waals surface area contributed by atoms with Crippen molar-refractivity contribution < 1.29 is 19.1 Å². The van der Waals surface area contributed by atoms with Crippen LogP contribution in [0, 0.1) is 0 Å². The molecule has 2 fully saturated rings. The van der Waals surface area contributed by atoms with Gasteiger partial charge in [-0.05, 0) is 24.3 Å². The number of para-hydroxylation sites is 1. The second-order valence-electron chi connectivity index (χ2n) is 6.77. The van der Waals surface area contributed by atoms with Gasteiger partial charge in [-0.15, -0.1) is 0 Å². The van der Waals surface area contributed by atoms with Crippen molar-refractivity contribution in [3.8, 4) is 0 Å². The van der Waals surface area contributed by atoms with Crippen molar-refractivity contribution in [2.75, 3.05) is 31.6 Å². The maximum atomic E-state index is 13.0. The third-order valence-corrected chi connectivity index (χ3v) is 5.07. The molecule has 6 nitrogen and oxygen atoms in total. The number of amides is 2. The van der Waals surface area contributed by atoms with Gasteiger partial charge in [0.05, 0.1) is 24.5 Å². The zero-order chi connectivity index (χ0) is 18.7.